The molecular formula is C22H24F2N4O2S. The van der Waals surface area contributed by atoms with Crippen molar-refractivity contribution < 1.29 is 18.3 Å². The van der Waals surface area contributed by atoms with Crippen LogP contribution in [0.2, 0.25) is 0 Å². The third-order valence-electron chi connectivity index (χ3n) is 4.45. The van der Waals surface area contributed by atoms with Crippen molar-refractivity contribution in [2.75, 3.05) is 17.7 Å². The van der Waals surface area contributed by atoms with Crippen molar-refractivity contribution in [3.8, 4) is 17.1 Å². The molecule has 2 aromatic carbocycles. The fourth-order valence-corrected chi connectivity index (χ4v) is 3.64. The largest absolute Gasteiger partial charge is 0.494 e. The van der Waals surface area contributed by atoms with Gasteiger partial charge in [-0.15, -0.1) is 10.2 Å². The molecule has 0 bridgehead atoms. The number of ether oxygens (including phenoxy) is 1. The highest BCUT2D eigenvalue weighted by molar-refractivity contribution is 7.99. The SMILES string of the molecule is CCCCOc1ccc(-c2nnc(SCC(=O)Nc3ccc(F)cc3F)n2CC)cc1. The van der Waals surface area contributed by atoms with Crippen molar-refractivity contribution >= 4 is 23.4 Å². The zero-order valence-corrected chi connectivity index (χ0v) is 18.2. The van der Waals surface area contributed by atoms with E-state index in [1.165, 1.54) is 17.8 Å². The van der Waals surface area contributed by atoms with E-state index in [1.54, 1.807) is 0 Å². The molecule has 0 unspecified atom stereocenters. The summed E-state index contributed by atoms with van der Waals surface area (Å²) < 4.78 is 34.3. The van der Waals surface area contributed by atoms with Gasteiger partial charge in [-0.1, -0.05) is 25.1 Å². The van der Waals surface area contributed by atoms with Gasteiger partial charge in [-0.05, 0) is 49.7 Å². The van der Waals surface area contributed by atoms with E-state index in [9.17, 15) is 13.6 Å². The van der Waals surface area contributed by atoms with Gasteiger partial charge in [-0.3, -0.25) is 4.79 Å². The number of carbonyl (C=O) groups excluding carboxylic acids is 1. The van der Waals surface area contributed by atoms with E-state index in [0.29, 0.717) is 24.1 Å². The van der Waals surface area contributed by atoms with Gasteiger partial charge in [0.1, 0.15) is 17.4 Å². The lowest BCUT2D eigenvalue weighted by Crippen LogP contribution is -2.15. The van der Waals surface area contributed by atoms with Crippen LogP contribution in [0, 0.1) is 11.6 Å². The Bertz CT molecular complexity index is 1020. The zero-order chi connectivity index (χ0) is 22.2. The third kappa shape index (κ3) is 6.04. The molecule has 1 heterocycles. The van der Waals surface area contributed by atoms with Crippen LogP contribution < -0.4 is 10.1 Å². The van der Waals surface area contributed by atoms with Gasteiger partial charge < -0.3 is 14.6 Å². The zero-order valence-electron chi connectivity index (χ0n) is 17.4. The first-order valence-corrected chi connectivity index (χ1v) is 11.0. The van der Waals surface area contributed by atoms with Crippen molar-refractivity contribution in [3.05, 3.63) is 54.1 Å². The molecule has 3 aromatic rings. The molecule has 1 N–H and O–H groups in total. The summed E-state index contributed by atoms with van der Waals surface area (Å²) in [4.78, 5) is 12.2. The maximum atomic E-state index is 13.7. The van der Waals surface area contributed by atoms with Crippen molar-refractivity contribution in [2.45, 2.75) is 38.4 Å². The second-order valence-corrected chi connectivity index (χ2v) is 7.68. The molecule has 0 saturated heterocycles. The second-order valence-electron chi connectivity index (χ2n) is 6.74. The molecule has 0 spiro atoms. The summed E-state index contributed by atoms with van der Waals surface area (Å²) in [6.07, 6.45) is 2.09. The van der Waals surface area contributed by atoms with E-state index < -0.39 is 17.5 Å². The van der Waals surface area contributed by atoms with Crippen molar-refractivity contribution in [1.29, 1.82) is 0 Å². The highest BCUT2D eigenvalue weighted by Crippen LogP contribution is 2.26. The molecule has 31 heavy (non-hydrogen) atoms. The van der Waals surface area contributed by atoms with Gasteiger partial charge in [0.15, 0.2) is 11.0 Å². The van der Waals surface area contributed by atoms with Crippen LogP contribution in [-0.2, 0) is 11.3 Å². The van der Waals surface area contributed by atoms with Gasteiger partial charge in [0.2, 0.25) is 5.91 Å². The number of thioether (sulfide) groups is 1. The van der Waals surface area contributed by atoms with Crippen LogP contribution in [0.3, 0.4) is 0 Å². The van der Waals surface area contributed by atoms with Gasteiger partial charge in [-0.2, -0.15) is 0 Å². The number of hydrogen-bond donors (Lipinski definition) is 1. The molecule has 1 aromatic heterocycles. The van der Waals surface area contributed by atoms with Crippen LogP contribution in [0.1, 0.15) is 26.7 Å². The first-order chi connectivity index (χ1) is 15.0. The number of nitrogens with zero attached hydrogens (tertiary/aromatic N) is 3. The van der Waals surface area contributed by atoms with Crippen LogP contribution >= 0.6 is 11.8 Å². The molecule has 0 aliphatic rings. The quantitative estimate of drug-likeness (QED) is 0.344. The topological polar surface area (TPSA) is 69.0 Å². The molecule has 164 valence electrons. The van der Waals surface area contributed by atoms with Crippen molar-refractivity contribution in [1.82, 2.24) is 14.8 Å². The van der Waals surface area contributed by atoms with E-state index in [-0.39, 0.29) is 11.4 Å². The molecular weight excluding hydrogens is 422 g/mol. The van der Waals surface area contributed by atoms with Crippen LogP contribution in [0.4, 0.5) is 14.5 Å². The minimum Gasteiger partial charge on any atom is -0.494 e. The molecule has 1 amide bonds. The summed E-state index contributed by atoms with van der Waals surface area (Å²) >= 11 is 1.20. The number of benzene rings is 2. The first-order valence-electron chi connectivity index (χ1n) is 10.1. The Balaban J connectivity index is 1.63. The summed E-state index contributed by atoms with van der Waals surface area (Å²) in [5.41, 5.74) is 0.827. The summed E-state index contributed by atoms with van der Waals surface area (Å²) in [5.74, 6) is -0.432. The molecule has 0 saturated carbocycles. The van der Waals surface area contributed by atoms with Crippen LogP contribution in [0.5, 0.6) is 5.75 Å². The maximum absolute atomic E-state index is 13.7. The number of halogens is 2. The Hall–Kier alpha value is -2.94. The second kappa shape index (κ2) is 10.9. The molecule has 9 heteroatoms. The van der Waals surface area contributed by atoms with Crippen molar-refractivity contribution in [2.24, 2.45) is 0 Å². The van der Waals surface area contributed by atoms with Gasteiger partial charge in [0.05, 0.1) is 18.0 Å². The van der Waals surface area contributed by atoms with Gasteiger partial charge in [0, 0.05) is 18.2 Å². The lowest BCUT2D eigenvalue weighted by molar-refractivity contribution is -0.113. The van der Waals surface area contributed by atoms with E-state index in [4.69, 9.17) is 4.74 Å². The molecule has 0 aliphatic heterocycles. The fourth-order valence-electron chi connectivity index (χ4n) is 2.84. The minimum absolute atomic E-state index is 0.0131. The molecule has 3 rings (SSSR count). The normalized spacial score (nSPS) is 10.8. The summed E-state index contributed by atoms with van der Waals surface area (Å²) in [6, 6.07) is 10.7. The average molecular weight is 447 g/mol. The minimum atomic E-state index is -0.820. The average Bonchev–Trinajstić information content (AvgIpc) is 3.18. The molecule has 0 fully saturated rings. The number of hydrogen-bond acceptors (Lipinski definition) is 5. The first kappa shape index (κ1) is 22.7. The van der Waals surface area contributed by atoms with E-state index in [0.717, 1.165) is 36.3 Å². The number of nitrogens with one attached hydrogen (secondary N) is 1. The van der Waals surface area contributed by atoms with Gasteiger partial charge >= 0.3 is 0 Å². The Morgan fingerprint density at radius 1 is 1.13 bits per heavy atom. The van der Waals surface area contributed by atoms with E-state index in [2.05, 4.69) is 22.4 Å². The lowest BCUT2D eigenvalue weighted by atomic mass is 10.2. The molecule has 0 aliphatic carbocycles. The number of anilines is 1. The number of aromatic nitrogens is 3. The van der Waals surface area contributed by atoms with E-state index in [1.807, 2.05) is 35.8 Å². The Kier molecular flexibility index (Phi) is 8.00. The van der Waals surface area contributed by atoms with Crippen LogP contribution in [-0.4, -0.2) is 33.0 Å². The smallest absolute Gasteiger partial charge is 0.234 e. The Morgan fingerprint density at radius 3 is 2.58 bits per heavy atom. The lowest BCUT2D eigenvalue weighted by Gasteiger charge is -2.09. The summed E-state index contributed by atoms with van der Waals surface area (Å²) in [5, 5.41) is 11.5. The predicted octanol–water partition coefficient (Wildman–Crippen LogP) is 5.15. The molecule has 0 radical (unpaired) electrons. The maximum Gasteiger partial charge on any atom is 0.234 e. The van der Waals surface area contributed by atoms with Crippen molar-refractivity contribution in [3.63, 3.8) is 0 Å². The highest BCUT2D eigenvalue weighted by atomic mass is 32.2. The summed E-state index contributed by atoms with van der Waals surface area (Å²) in [7, 11) is 0. The highest BCUT2D eigenvalue weighted by Gasteiger charge is 2.15. The molecule has 6 nitrogen and oxygen atoms in total. The summed E-state index contributed by atoms with van der Waals surface area (Å²) in [6.45, 7) is 5.39. The Morgan fingerprint density at radius 2 is 1.90 bits per heavy atom. The number of rotatable bonds is 10. The Labute approximate surface area is 184 Å². The monoisotopic (exact) mass is 446 g/mol. The van der Waals surface area contributed by atoms with Crippen LogP contribution in [0.15, 0.2) is 47.6 Å². The van der Waals surface area contributed by atoms with Gasteiger partial charge in [0.25, 0.3) is 0 Å². The number of carbonyl (C=O) groups is 1. The standard InChI is InChI=1S/C22H24F2N4O2S/c1-3-5-12-30-17-9-6-15(7-10-17)21-26-27-22(28(21)4-2)31-14-20(29)25-19-11-8-16(23)13-18(19)24/h6-11,13H,3-5,12,14H2,1-2H3,(H,25,29). The van der Waals surface area contributed by atoms with Crippen LogP contribution in [0.25, 0.3) is 11.4 Å². The van der Waals surface area contributed by atoms with Gasteiger partial charge in [-0.25, -0.2) is 8.78 Å². The predicted molar refractivity (Wildman–Crippen MR) is 117 cm³/mol. The molecule has 0 atom stereocenters. The number of amides is 1. The van der Waals surface area contributed by atoms with E-state index >= 15 is 0 Å². The fraction of sp³-hybridized carbons (Fsp3) is 0.318. The third-order valence-corrected chi connectivity index (χ3v) is 5.42. The number of unbranched alkanes of at least 4 members (excludes halogenated alkanes) is 1.